The summed E-state index contributed by atoms with van der Waals surface area (Å²) in [6.45, 7) is 0. The summed E-state index contributed by atoms with van der Waals surface area (Å²) >= 11 is 5.23. The largest absolute Gasteiger partial charge is 0.497 e. The zero-order chi connectivity index (χ0) is 11.3. The van der Waals surface area contributed by atoms with Gasteiger partial charge in [0.1, 0.15) is 5.75 Å². The lowest BCUT2D eigenvalue weighted by Gasteiger charge is -2.13. The molecule has 0 radical (unpaired) electrons. The van der Waals surface area contributed by atoms with Crippen molar-refractivity contribution in [1.29, 1.82) is 0 Å². The van der Waals surface area contributed by atoms with Crippen LogP contribution in [0.4, 0.5) is 0 Å². The third-order valence-electron chi connectivity index (χ3n) is 2.26. The van der Waals surface area contributed by atoms with Gasteiger partial charge >= 0.3 is 0 Å². The van der Waals surface area contributed by atoms with Gasteiger partial charge < -0.3 is 9.64 Å². The van der Waals surface area contributed by atoms with Gasteiger partial charge in [-0.15, -0.1) is 0 Å². The van der Waals surface area contributed by atoms with E-state index in [4.69, 9.17) is 17.0 Å². The third-order valence-corrected chi connectivity index (χ3v) is 2.83. The van der Waals surface area contributed by atoms with E-state index in [0.29, 0.717) is 0 Å². The average Bonchev–Trinajstić information content (AvgIpc) is 2.26. The van der Waals surface area contributed by atoms with Crippen LogP contribution in [-0.4, -0.2) is 31.1 Å². The summed E-state index contributed by atoms with van der Waals surface area (Å²) < 4.78 is 5.17. The third kappa shape index (κ3) is 3.88. The van der Waals surface area contributed by atoms with Crippen LogP contribution in [0.2, 0.25) is 0 Å². The molecule has 2 nitrogen and oxygen atoms in total. The van der Waals surface area contributed by atoms with E-state index in [-0.39, 0.29) is 0 Å². The van der Waals surface area contributed by atoms with Crippen LogP contribution in [0.3, 0.4) is 0 Å². The van der Waals surface area contributed by atoms with E-state index in [2.05, 4.69) is 12.1 Å². The Labute approximate surface area is 96.9 Å². The predicted molar refractivity (Wildman–Crippen MR) is 67.6 cm³/mol. The number of aryl methyl sites for hydroxylation is 1. The molecule has 1 aromatic carbocycles. The fourth-order valence-electron chi connectivity index (χ4n) is 1.30. The van der Waals surface area contributed by atoms with Crippen LogP contribution in [0.15, 0.2) is 24.3 Å². The van der Waals surface area contributed by atoms with Crippen LogP contribution >= 0.6 is 12.2 Å². The van der Waals surface area contributed by atoms with Crippen molar-refractivity contribution in [1.82, 2.24) is 4.90 Å². The summed E-state index contributed by atoms with van der Waals surface area (Å²) in [6, 6.07) is 8.11. The standard InChI is InChI=1S/C12H17NOS/c1-13(2)12(15)8-7-10-5-4-6-11(9-10)14-3/h4-6,9H,7-8H2,1-3H3. The molecule has 0 amide bonds. The minimum absolute atomic E-state index is 0.906. The van der Waals surface area contributed by atoms with Crippen molar-refractivity contribution in [2.24, 2.45) is 0 Å². The number of thiocarbonyl (C=S) groups is 1. The molecular formula is C12H17NOS. The number of hydrogen-bond donors (Lipinski definition) is 0. The first kappa shape index (κ1) is 12.0. The number of nitrogens with zero attached hydrogens (tertiary/aromatic N) is 1. The minimum atomic E-state index is 0.906. The lowest BCUT2D eigenvalue weighted by molar-refractivity contribution is 0.414. The molecule has 0 unspecified atom stereocenters. The molecule has 0 saturated heterocycles. The van der Waals surface area contributed by atoms with Gasteiger partial charge in [-0.1, -0.05) is 24.4 Å². The molecule has 0 aliphatic heterocycles. The topological polar surface area (TPSA) is 12.5 Å². The zero-order valence-corrected chi connectivity index (χ0v) is 10.3. The molecule has 0 aromatic heterocycles. The first-order chi connectivity index (χ1) is 7.13. The Hall–Kier alpha value is -1.09. The van der Waals surface area contributed by atoms with Gasteiger partial charge in [0.25, 0.3) is 0 Å². The van der Waals surface area contributed by atoms with Gasteiger partial charge in [-0.2, -0.15) is 0 Å². The molecule has 0 N–H and O–H groups in total. The summed E-state index contributed by atoms with van der Waals surface area (Å²) in [7, 11) is 5.64. The van der Waals surface area contributed by atoms with Gasteiger partial charge in [0, 0.05) is 20.5 Å². The van der Waals surface area contributed by atoms with E-state index in [9.17, 15) is 0 Å². The van der Waals surface area contributed by atoms with Crippen molar-refractivity contribution in [2.45, 2.75) is 12.8 Å². The highest BCUT2D eigenvalue weighted by Crippen LogP contribution is 2.14. The summed E-state index contributed by atoms with van der Waals surface area (Å²) in [5.74, 6) is 0.906. The maximum atomic E-state index is 5.23. The molecule has 1 aromatic rings. The highest BCUT2D eigenvalue weighted by molar-refractivity contribution is 7.80. The second-order valence-corrected chi connectivity index (χ2v) is 4.11. The van der Waals surface area contributed by atoms with E-state index < -0.39 is 0 Å². The smallest absolute Gasteiger partial charge is 0.119 e. The molecule has 0 spiro atoms. The van der Waals surface area contributed by atoms with Crippen molar-refractivity contribution >= 4 is 17.2 Å². The first-order valence-electron chi connectivity index (χ1n) is 4.96. The number of hydrogen-bond acceptors (Lipinski definition) is 2. The lowest BCUT2D eigenvalue weighted by Crippen LogP contribution is -2.19. The zero-order valence-electron chi connectivity index (χ0n) is 9.49. The summed E-state index contributed by atoms with van der Waals surface area (Å²) in [5, 5.41) is 0. The van der Waals surface area contributed by atoms with E-state index in [0.717, 1.165) is 23.6 Å². The minimum Gasteiger partial charge on any atom is -0.497 e. The summed E-state index contributed by atoms with van der Waals surface area (Å²) in [5.41, 5.74) is 1.26. The van der Waals surface area contributed by atoms with E-state index >= 15 is 0 Å². The Balaban J connectivity index is 2.54. The van der Waals surface area contributed by atoms with Gasteiger partial charge in [-0.25, -0.2) is 0 Å². The second-order valence-electron chi connectivity index (χ2n) is 3.64. The molecule has 0 aliphatic carbocycles. The summed E-state index contributed by atoms with van der Waals surface area (Å²) in [4.78, 5) is 2.97. The molecule has 82 valence electrons. The Morgan fingerprint density at radius 1 is 1.40 bits per heavy atom. The van der Waals surface area contributed by atoms with Gasteiger partial charge in [-0.3, -0.25) is 0 Å². The monoisotopic (exact) mass is 223 g/mol. The van der Waals surface area contributed by atoms with Crippen LogP contribution in [0.1, 0.15) is 12.0 Å². The van der Waals surface area contributed by atoms with Crippen molar-refractivity contribution in [3.05, 3.63) is 29.8 Å². The van der Waals surface area contributed by atoms with Crippen LogP contribution in [0, 0.1) is 0 Å². The highest BCUT2D eigenvalue weighted by atomic mass is 32.1. The molecule has 0 heterocycles. The molecule has 0 atom stereocenters. The fraction of sp³-hybridized carbons (Fsp3) is 0.417. The Morgan fingerprint density at radius 3 is 2.73 bits per heavy atom. The maximum Gasteiger partial charge on any atom is 0.119 e. The number of ether oxygens (including phenoxy) is 1. The number of methoxy groups -OCH3 is 1. The van der Waals surface area contributed by atoms with Crippen LogP contribution in [-0.2, 0) is 6.42 Å². The molecule has 1 rings (SSSR count). The highest BCUT2D eigenvalue weighted by Gasteiger charge is 2.01. The molecule has 3 heteroatoms. The van der Waals surface area contributed by atoms with E-state index in [1.54, 1.807) is 7.11 Å². The van der Waals surface area contributed by atoms with Gasteiger partial charge in [0.15, 0.2) is 0 Å². The maximum absolute atomic E-state index is 5.23. The Morgan fingerprint density at radius 2 is 2.13 bits per heavy atom. The fourth-order valence-corrected chi connectivity index (χ4v) is 1.40. The molecule has 0 saturated carbocycles. The van der Waals surface area contributed by atoms with E-state index in [1.807, 2.05) is 31.1 Å². The van der Waals surface area contributed by atoms with Crippen molar-refractivity contribution in [3.63, 3.8) is 0 Å². The first-order valence-corrected chi connectivity index (χ1v) is 5.37. The van der Waals surface area contributed by atoms with Crippen molar-refractivity contribution in [3.8, 4) is 5.75 Å². The molecule has 0 aliphatic rings. The normalized spacial score (nSPS) is 9.80. The predicted octanol–water partition coefficient (Wildman–Crippen LogP) is 2.52. The van der Waals surface area contributed by atoms with Crippen molar-refractivity contribution in [2.75, 3.05) is 21.2 Å². The van der Waals surface area contributed by atoms with Crippen LogP contribution < -0.4 is 4.74 Å². The Kier molecular flexibility index (Phi) is 4.56. The molecule has 15 heavy (non-hydrogen) atoms. The second kappa shape index (κ2) is 5.71. The van der Waals surface area contributed by atoms with Gasteiger partial charge in [-0.05, 0) is 24.1 Å². The van der Waals surface area contributed by atoms with E-state index in [1.165, 1.54) is 5.56 Å². The molecule has 0 bridgehead atoms. The quantitative estimate of drug-likeness (QED) is 0.728. The Bertz CT molecular complexity index is 336. The lowest BCUT2D eigenvalue weighted by atomic mass is 10.1. The SMILES string of the molecule is COc1cccc(CCC(=S)N(C)C)c1. The number of benzene rings is 1. The van der Waals surface area contributed by atoms with Crippen molar-refractivity contribution < 1.29 is 4.74 Å². The molecule has 0 fully saturated rings. The number of rotatable bonds is 4. The van der Waals surface area contributed by atoms with Gasteiger partial charge in [0.05, 0.1) is 12.1 Å². The summed E-state index contributed by atoms with van der Waals surface area (Å²) in [6.07, 6.45) is 1.88. The van der Waals surface area contributed by atoms with Gasteiger partial charge in [0.2, 0.25) is 0 Å². The molecular weight excluding hydrogens is 206 g/mol. The van der Waals surface area contributed by atoms with Crippen LogP contribution in [0.25, 0.3) is 0 Å². The average molecular weight is 223 g/mol. The van der Waals surface area contributed by atoms with Crippen LogP contribution in [0.5, 0.6) is 5.75 Å².